The van der Waals surface area contributed by atoms with Crippen molar-refractivity contribution in [1.29, 1.82) is 0 Å². The zero-order valence-corrected chi connectivity index (χ0v) is 24.8. The average molecular weight is 612 g/mol. The van der Waals surface area contributed by atoms with E-state index in [1.54, 1.807) is 62.1 Å². The van der Waals surface area contributed by atoms with Gasteiger partial charge in [0.05, 0.1) is 11.6 Å². The number of halogens is 3. The molecule has 0 saturated carbocycles. The lowest BCUT2D eigenvalue weighted by Crippen LogP contribution is -2.44. The largest absolute Gasteiger partial charge is 0.444 e. The number of amides is 4. The number of carbonyl (C=O) groups is 3. The standard InChI is InChI=1S/C32H36F3N5O4/c1-31(2,3)44-30(43)38-24-6-4-5-20(16-24)27(11-12-28(37)41)39-29(42)40-14-13-25-21(18-40)15-23(36)17-26(25)19-7-9-22(10-8-19)32(33,34)35/h4-10,15-17,27H,11-14,18,36H2,1-3H3,(H2,37,41)(H,38,43)(H,39,42)/t27-/m0/s1. The number of alkyl halides is 3. The molecule has 3 aromatic rings. The van der Waals surface area contributed by atoms with E-state index in [1.807, 2.05) is 0 Å². The Bertz CT molecular complexity index is 1530. The molecule has 0 spiro atoms. The van der Waals surface area contributed by atoms with Crippen LogP contribution in [0.3, 0.4) is 0 Å². The van der Waals surface area contributed by atoms with Crippen LogP contribution >= 0.6 is 0 Å². The summed E-state index contributed by atoms with van der Waals surface area (Å²) < 4.78 is 44.6. The Morgan fingerprint density at radius 2 is 1.73 bits per heavy atom. The summed E-state index contributed by atoms with van der Waals surface area (Å²) in [5, 5.41) is 5.66. The number of rotatable bonds is 7. The molecule has 9 nitrogen and oxygen atoms in total. The minimum absolute atomic E-state index is 0.0184. The molecule has 0 radical (unpaired) electrons. The Labute approximate surface area is 253 Å². The van der Waals surface area contributed by atoms with Crippen molar-refractivity contribution < 1.29 is 32.3 Å². The van der Waals surface area contributed by atoms with Gasteiger partial charge in [-0.05, 0) is 97.8 Å². The summed E-state index contributed by atoms with van der Waals surface area (Å²) in [4.78, 5) is 39.0. The summed E-state index contributed by atoms with van der Waals surface area (Å²) >= 11 is 0. The Morgan fingerprint density at radius 1 is 1.02 bits per heavy atom. The molecule has 44 heavy (non-hydrogen) atoms. The third-order valence-electron chi connectivity index (χ3n) is 7.08. The van der Waals surface area contributed by atoms with Crippen molar-refractivity contribution in [2.24, 2.45) is 5.73 Å². The molecule has 234 valence electrons. The smallest absolute Gasteiger partial charge is 0.416 e. The molecular formula is C32H36F3N5O4. The van der Waals surface area contributed by atoms with Crippen molar-refractivity contribution in [3.8, 4) is 11.1 Å². The van der Waals surface area contributed by atoms with E-state index in [0.717, 1.165) is 28.8 Å². The summed E-state index contributed by atoms with van der Waals surface area (Å²) in [7, 11) is 0. The van der Waals surface area contributed by atoms with Gasteiger partial charge in [0.25, 0.3) is 0 Å². The van der Waals surface area contributed by atoms with Crippen LogP contribution in [0.1, 0.15) is 61.9 Å². The van der Waals surface area contributed by atoms with E-state index < -0.39 is 35.4 Å². The third-order valence-corrected chi connectivity index (χ3v) is 7.08. The molecule has 4 amide bonds. The van der Waals surface area contributed by atoms with Gasteiger partial charge in [0.15, 0.2) is 0 Å². The lowest BCUT2D eigenvalue weighted by Gasteiger charge is -2.32. The van der Waals surface area contributed by atoms with E-state index in [-0.39, 0.29) is 25.4 Å². The number of benzene rings is 3. The number of fused-ring (bicyclic) bond motifs is 1. The summed E-state index contributed by atoms with van der Waals surface area (Å²) in [6, 6.07) is 14.3. The highest BCUT2D eigenvalue weighted by atomic mass is 19.4. The van der Waals surface area contributed by atoms with Crippen LogP contribution in [-0.2, 0) is 28.7 Å². The molecule has 1 atom stereocenters. The molecule has 6 N–H and O–H groups in total. The summed E-state index contributed by atoms with van der Waals surface area (Å²) in [5.74, 6) is -0.523. The number of anilines is 2. The second-order valence-corrected chi connectivity index (χ2v) is 11.7. The number of primary amides is 1. The van der Waals surface area contributed by atoms with Gasteiger partial charge in [-0.3, -0.25) is 10.1 Å². The highest BCUT2D eigenvalue weighted by Crippen LogP contribution is 2.35. The fourth-order valence-electron chi connectivity index (χ4n) is 5.10. The number of nitrogen functional groups attached to an aromatic ring is 1. The molecule has 0 saturated heterocycles. The first-order chi connectivity index (χ1) is 20.6. The van der Waals surface area contributed by atoms with Crippen LogP contribution in [0.5, 0.6) is 0 Å². The van der Waals surface area contributed by atoms with Crippen LogP contribution in [-0.4, -0.2) is 35.1 Å². The Hall–Kier alpha value is -4.74. The van der Waals surface area contributed by atoms with E-state index in [2.05, 4.69) is 10.6 Å². The maximum atomic E-state index is 13.5. The van der Waals surface area contributed by atoms with Crippen LogP contribution in [0.2, 0.25) is 0 Å². The maximum Gasteiger partial charge on any atom is 0.416 e. The molecule has 0 bridgehead atoms. The van der Waals surface area contributed by atoms with Gasteiger partial charge in [-0.1, -0.05) is 24.3 Å². The van der Waals surface area contributed by atoms with Gasteiger partial charge < -0.3 is 26.4 Å². The molecule has 0 aromatic heterocycles. The number of nitrogens with one attached hydrogen (secondary N) is 2. The highest BCUT2D eigenvalue weighted by molar-refractivity contribution is 5.85. The second kappa shape index (κ2) is 12.9. The third kappa shape index (κ3) is 8.42. The molecule has 1 aliphatic rings. The summed E-state index contributed by atoms with van der Waals surface area (Å²) in [6.07, 6.45) is -4.36. The van der Waals surface area contributed by atoms with E-state index in [0.29, 0.717) is 35.5 Å². The topological polar surface area (TPSA) is 140 Å². The zero-order valence-electron chi connectivity index (χ0n) is 24.8. The molecule has 3 aromatic carbocycles. The monoisotopic (exact) mass is 611 g/mol. The SMILES string of the molecule is CC(C)(C)OC(=O)Nc1cccc([C@H](CCC(N)=O)NC(=O)N2CCc3c(cc(N)cc3-c3ccc(C(F)(F)F)cc3)C2)c1. The van der Waals surface area contributed by atoms with Crippen molar-refractivity contribution in [3.63, 3.8) is 0 Å². The van der Waals surface area contributed by atoms with Crippen LogP contribution < -0.4 is 22.1 Å². The van der Waals surface area contributed by atoms with Gasteiger partial charge in [0, 0.05) is 30.9 Å². The minimum atomic E-state index is -4.44. The van der Waals surface area contributed by atoms with Gasteiger partial charge >= 0.3 is 18.3 Å². The van der Waals surface area contributed by atoms with Crippen LogP contribution in [0.4, 0.5) is 34.1 Å². The van der Waals surface area contributed by atoms with Crippen LogP contribution in [0, 0.1) is 0 Å². The van der Waals surface area contributed by atoms with Crippen LogP contribution in [0.25, 0.3) is 11.1 Å². The average Bonchev–Trinajstić information content (AvgIpc) is 2.93. The van der Waals surface area contributed by atoms with E-state index in [9.17, 15) is 27.6 Å². The number of carbonyl (C=O) groups excluding carboxylic acids is 3. The first-order valence-corrected chi connectivity index (χ1v) is 14.1. The van der Waals surface area contributed by atoms with Gasteiger partial charge in [-0.25, -0.2) is 9.59 Å². The fourth-order valence-corrected chi connectivity index (χ4v) is 5.10. The predicted octanol–water partition coefficient (Wildman–Crippen LogP) is 6.38. The Balaban J connectivity index is 1.52. The number of nitrogens with zero attached hydrogens (tertiary/aromatic N) is 1. The Morgan fingerprint density at radius 3 is 2.36 bits per heavy atom. The predicted molar refractivity (Wildman–Crippen MR) is 161 cm³/mol. The molecule has 1 heterocycles. The van der Waals surface area contributed by atoms with Gasteiger partial charge in [-0.2, -0.15) is 13.2 Å². The number of hydrogen-bond acceptors (Lipinski definition) is 5. The lowest BCUT2D eigenvalue weighted by molar-refractivity contribution is -0.137. The van der Waals surface area contributed by atoms with E-state index >= 15 is 0 Å². The normalized spacial score (nSPS) is 13.9. The number of nitrogens with two attached hydrogens (primary N) is 2. The molecular weight excluding hydrogens is 575 g/mol. The van der Waals surface area contributed by atoms with Crippen molar-refractivity contribution in [3.05, 3.63) is 82.9 Å². The molecule has 0 aliphatic carbocycles. The van der Waals surface area contributed by atoms with Crippen molar-refractivity contribution in [1.82, 2.24) is 10.2 Å². The second-order valence-electron chi connectivity index (χ2n) is 11.7. The minimum Gasteiger partial charge on any atom is -0.444 e. The van der Waals surface area contributed by atoms with Gasteiger partial charge in [-0.15, -0.1) is 0 Å². The van der Waals surface area contributed by atoms with E-state index in [1.165, 1.54) is 12.1 Å². The lowest BCUT2D eigenvalue weighted by atomic mass is 9.89. The van der Waals surface area contributed by atoms with Crippen molar-refractivity contribution in [2.75, 3.05) is 17.6 Å². The first-order valence-electron chi connectivity index (χ1n) is 14.1. The van der Waals surface area contributed by atoms with Crippen LogP contribution in [0.15, 0.2) is 60.7 Å². The molecule has 0 unspecified atom stereocenters. The summed E-state index contributed by atoms with van der Waals surface area (Å²) in [6.45, 7) is 5.82. The number of urea groups is 1. The quantitative estimate of drug-likeness (QED) is 0.230. The fraction of sp³-hybridized carbons (Fsp3) is 0.344. The highest BCUT2D eigenvalue weighted by Gasteiger charge is 2.31. The number of ether oxygens (including phenoxy) is 1. The summed E-state index contributed by atoms with van der Waals surface area (Å²) in [5.41, 5.74) is 14.7. The number of hydrogen-bond donors (Lipinski definition) is 4. The Kier molecular flexibility index (Phi) is 9.41. The zero-order chi connectivity index (χ0) is 32.2. The van der Waals surface area contributed by atoms with Gasteiger partial charge in [0.2, 0.25) is 5.91 Å². The molecule has 0 fully saturated rings. The van der Waals surface area contributed by atoms with E-state index in [4.69, 9.17) is 16.2 Å². The van der Waals surface area contributed by atoms with Crippen molar-refractivity contribution in [2.45, 2.75) is 64.4 Å². The van der Waals surface area contributed by atoms with Crippen molar-refractivity contribution >= 4 is 29.4 Å². The van der Waals surface area contributed by atoms with Gasteiger partial charge in [0.1, 0.15) is 5.60 Å². The molecule has 4 rings (SSSR count). The first kappa shape index (κ1) is 32.2. The molecule has 12 heteroatoms. The molecule has 1 aliphatic heterocycles. The maximum absolute atomic E-state index is 13.5.